The number of carboxylic acids is 1. The van der Waals surface area contributed by atoms with E-state index < -0.39 is 73.2 Å². The third kappa shape index (κ3) is 17.5. The quantitative estimate of drug-likeness (QED) is 0.0118. The Balaban J connectivity index is 0.715. The molecule has 6 aliphatic rings. The van der Waals surface area contributed by atoms with Gasteiger partial charge in [0.1, 0.15) is 18.7 Å². The van der Waals surface area contributed by atoms with Crippen LogP contribution in [0.25, 0.3) is 32.6 Å². The van der Waals surface area contributed by atoms with Crippen molar-refractivity contribution in [3.8, 4) is 22.4 Å². The zero-order chi connectivity index (χ0) is 73.8. The van der Waals surface area contributed by atoms with Crippen LogP contribution >= 0.6 is 18.9 Å². The number of carboxylic acid groups (broad SMARTS) is 1. The third-order valence-electron chi connectivity index (χ3n) is 20.3. The molecule has 10 amide bonds. The highest BCUT2D eigenvalue weighted by atomic mass is 32.1. The molecule has 3 aromatic heterocycles. The Hall–Kier alpha value is -9.25. The number of nitrogens with one attached hydrogen (secondary N) is 3. The molecule has 10 N–H and O–H groups in total. The van der Waals surface area contributed by atoms with Gasteiger partial charge in [-0.15, -0.1) is 0 Å². The summed E-state index contributed by atoms with van der Waals surface area (Å²) in [6.45, 7) is 10.6. The number of primary amides is 1. The molecule has 3 aromatic carbocycles. The highest BCUT2D eigenvalue weighted by Crippen LogP contribution is 2.72. The molecule has 28 nitrogen and oxygen atoms in total. The SMILES string of the molecule is Cc1c(-c2ccc(-c3ccc4c(c3)N(C(=O)Nc3nc5ccccc5s3)CCC4)nc2C(=O)O)cnn1CC12CC3(C)CC(C)(C1)CC(OCCN(CCP(=O)(O)O)C(=O)OCc1ccc(N(C(N)=O)C(=O)[C@H](CCCN)NC(=O)[C@@H](NC(=O)CCCCCN4C(=O)C=CC4=O)C(C)C)cc1)(C3)C2. The fourth-order valence-electron chi connectivity index (χ4n) is 16.8. The number of carbonyl (C=O) groups excluding carboxylic acids is 8. The molecule has 5 heterocycles. The minimum atomic E-state index is -4.60. The highest BCUT2D eigenvalue weighted by molar-refractivity contribution is 7.51. The van der Waals surface area contributed by atoms with Crippen LogP contribution in [0.4, 0.5) is 30.9 Å². The number of benzene rings is 3. The summed E-state index contributed by atoms with van der Waals surface area (Å²) in [6, 6.07) is 18.9. The summed E-state index contributed by atoms with van der Waals surface area (Å²) in [4.78, 5) is 153. The van der Waals surface area contributed by atoms with Gasteiger partial charge in [-0.1, -0.05) is 81.9 Å². The number of thiazole rings is 1. The first-order chi connectivity index (χ1) is 48.9. The zero-order valence-electron chi connectivity index (χ0n) is 58.6. The van der Waals surface area contributed by atoms with Crippen molar-refractivity contribution in [2.75, 3.05) is 60.6 Å². The van der Waals surface area contributed by atoms with Crippen LogP contribution in [0, 0.1) is 29.1 Å². The molecule has 12 rings (SSSR count). The van der Waals surface area contributed by atoms with Gasteiger partial charge in [0.25, 0.3) is 17.7 Å². The molecule has 4 bridgehead atoms. The lowest BCUT2D eigenvalue weighted by Crippen LogP contribution is -2.64. The van der Waals surface area contributed by atoms with Crippen molar-refractivity contribution in [1.82, 2.24) is 40.2 Å². The number of urea groups is 2. The number of para-hydroxylation sites is 1. The monoisotopic (exact) mass is 1450 g/mol. The van der Waals surface area contributed by atoms with Gasteiger partial charge in [-0.2, -0.15) is 5.10 Å². The van der Waals surface area contributed by atoms with E-state index in [1.807, 2.05) is 54.1 Å². The Morgan fingerprint density at radius 2 is 1.56 bits per heavy atom. The topological polar surface area (TPSA) is 395 Å². The molecule has 6 aromatic rings. The number of carbonyl (C=O) groups is 9. The molecule has 0 spiro atoms. The molecule has 103 heavy (non-hydrogen) atoms. The summed E-state index contributed by atoms with van der Waals surface area (Å²) >= 11 is 1.40. The Morgan fingerprint density at radius 1 is 0.835 bits per heavy atom. The van der Waals surface area contributed by atoms with Crippen LogP contribution in [0.15, 0.2) is 97.2 Å². The van der Waals surface area contributed by atoms with Gasteiger partial charge in [0.15, 0.2) is 10.8 Å². The zero-order valence-corrected chi connectivity index (χ0v) is 60.3. The van der Waals surface area contributed by atoms with Gasteiger partial charge >= 0.3 is 31.7 Å². The normalized spacial score (nSPS) is 21.0. The van der Waals surface area contributed by atoms with Crippen molar-refractivity contribution in [3.63, 3.8) is 0 Å². The fourth-order valence-corrected chi connectivity index (χ4v) is 18.1. The number of fused-ring (bicyclic) bond motifs is 2. The number of nitrogens with two attached hydrogens (primary N) is 2. The van der Waals surface area contributed by atoms with Crippen molar-refractivity contribution in [3.05, 3.63) is 120 Å². The van der Waals surface area contributed by atoms with E-state index in [0.29, 0.717) is 82.4 Å². The highest BCUT2D eigenvalue weighted by Gasteiger charge is 2.66. The van der Waals surface area contributed by atoms with Crippen LogP contribution in [-0.2, 0) is 57.6 Å². The smallest absolute Gasteiger partial charge is 0.410 e. The van der Waals surface area contributed by atoms with E-state index in [1.165, 1.54) is 52.7 Å². The van der Waals surface area contributed by atoms with Crippen LogP contribution in [0.1, 0.15) is 138 Å². The molecular weight excluding hydrogens is 1360 g/mol. The summed E-state index contributed by atoms with van der Waals surface area (Å²) in [7, 11) is -4.60. The van der Waals surface area contributed by atoms with Crippen LogP contribution in [0.3, 0.4) is 0 Å². The number of aryl methyl sites for hydroxylation is 1. The number of unbranched alkanes of at least 4 members (excludes halogenated alkanes) is 2. The molecule has 0 saturated heterocycles. The van der Waals surface area contributed by atoms with E-state index in [0.717, 1.165) is 71.3 Å². The second kappa shape index (κ2) is 31.0. The van der Waals surface area contributed by atoms with Crippen LogP contribution in [0.5, 0.6) is 0 Å². The summed E-state index contributed by atoms with van der Waals surface area (Å²) in [5, 5.41) is 24.6. The van der Waals surface area contributed by atoms with E-state index in [9.17, 15) is 62.6 Å². The predicted octanol–water partition coefficient (Wildman–Crippen LogP) is 9.43. The number of rotatable bonds is 30. The number of nitrogens with zero attached hydrogens (tertiary/aromatic N) is 8. The second-order valence-corrected chi connectivity index (χ2v) is 32.1. The Labute approximate surface area is 600 Å². The summed E-state index contributed by atoms with van der Waals surface area (Å²) in [5.41, 5.74) is 16.1. The summed E-state index contributed by atoms with van der Waals surface area (Å²) in [5.74, 6) is -4.38. The minimum absolute atomic E-state index is 0.0143. The minimum Gasteiger partial charge on any atom is -0.476 e. The number of aromatic carboxylic acids is 1. The maximum atomic E-state index is 14.2. The molecule has 0 radical (unpaired) electrons. The summed E-state index contributed by atoms with van der Waals surface area (Å²) < 4.78 is 27.9. The van der Waals surface area contributed by atoms with Gasteiger partial charge < -0.3 is 51.4 Å². The first kappa shape index (κ1) is 74.9. The van der Waals surface area contributed by atoms with Crippen molar-refractivity contribution < 1.29 is 72.1 Å². The molecular formula is C73H90N13O15PS. The molecule has 2 aliphatic heterocycles. The standard InChI is InChI=1S/C73H90N13O15PS/c1-45(2)61(80-58(87)17-7-6-10-29-84-59(88)26-27-60(84)89)63(90)78-55(15-11-28-74)64(91)86(66(75)94)50-22-18-47(19-23-50)37-100-69(96)82(32-34-102(97,98)99)31-33-101-73-41-70(4)38-71(5,42-73)40-72(39-70,43-73)44-85-46(3)52(36-76-85)51-24-25-53(77-62(51)65(92)93)49-21-20-48-13-12-30-83(56(48)35-49)68(95)81-67-79-54-14-8-9-16-57(54)103-67/h8-9,14,16,18-27,35-36,45,55,61H,6-7,10-13,15,17,28-34,37-44,74H2,1-5H3,(H2,75,94)(H,78,90)(H,80,87)(H,92,93)(H,79,81,95)(H2,97,98,99)/t55-,61-,70?,71?,72?,73?/m0/s1. The first-order valence-electron chi connectivity index (χ1n) is 35.0. The van der Waals surface area contributed by atoms with Gasteiger partial charge in [0.2, 0.25) is 11.8 Å². The Kier molecular flexibility index (Phi) is 22.5. The van der Waals surface area contributed by atoms with E-state index >= 15 is 0 Å². The molecule has 2 unspecified atom stereocenters. The molecule has 4 atom stereocenters. The number of hydrogen-bond acceptors (Lipinski definition) is 17. The lowest BCUT2D eigenvalue weighted by atomic mass is 9.39. The van der Waals surface area contributed by atoms with Gasteiger partial charge in [-0.3, -0.25) is 48.3 Å². The lowest BCUT2D eigenvalue weighted by molar-refractivity contribution is -0.248. The van der Waals surface area contributed by atoms with E-state index in [4.69, 9.17) is 31.0 Å². The second-order valence-electron chi connectivity index (χ2n) is 29.3. The van der Waals surface area contributed by atoms with Gasteiger partial charge in [0, 0.05) is 79.4 Å². The average Bonchev–Trinajstić information content (AvgIpc) is 0.753. The van der Waals surface area contributed by atoms with Crippen molar-refractivity contribution in [2.24, 2.45) is 33.6 Å². The average molecular weight is 1450 g/mol. The fraction of sp³-hybridized carbons (Fsp3) is 0.479. The predicted molar refractivity (Wildman–Crippen MR) is 385 cm³/mol. The first-order valence-corrected chi connectivity index (χ1v) is 37.6. The van der Waals surface area contributed by atoms with Crippen molar-refractivity contribution in [1.29, 1.82) is 0 Å². The molecule has 4 aliphatic carbocycles. The third-order valence-corrected chi connectivity index (χ3v) is 22.1. The Bertz CT molecular complexity index is 4270. The van der Waals surface area contributed by atoms with Crippen LogP contribution < -0.4 is 37.2 Å². The molecule has 4 fully saturated rings. The largest absolute Gasteiger partial charge is 0.476 e. The van der Waals surface area contributed by atoms with Crippen molar-refractivity contribution in [2.45, 2.75) is 155 Å². The maximum absolute atomic E-state index is 14.2. The number of ether oxygens (including phenoxy) is 2. The van der Waals surface area contributed by atoms with Crippen LogP contribution in [-0.4, -0.2) is 161 Å². The lowest BCUT2D eigenvalue weighted by Gasteiger charge is -2.69. The maximum Gasteiger partial charge on any atom is 0.410 e. The van der Waals surface area contributed by atoms with E-state index in [1.54, 1.807) is 37.1 Å². The molecule has 4 saturated carbocycles. The van der Waals surface area contributed by atoms with Gasteiger partial charge in [-0.05, 0) is 166 Å². The number of pyridine rings is 1. The number of aromatic nitrogens is 4. The molecule has 548 valence electrons. The number of amides is 10. The molecule has 30 heteroatoms. The van der Waals surface area contributed by atoms with E-state index in [-0.39, 0.29) is 104 Å². The van der Waals surface area contributed by atoms with E-state index in [2.05, 4.69) is 34.8 Å². The van der Waals surface area contributed by atoms with Gasteiger partial charge in [-0.25, -0.2) is 34.0 Å². The summed E-state index contributed by atoms with van der Waals surface area (Å²) in [6.07, 6.45) is 10.8. The van der Waals surface area contributed by atoms with Gasteiger partial charge in [0.05, 0.1) is 46.2 Å². The van der Waals surface area contributed by atoms with Crippen molar-refractivity contribution >= 4 is 99.3 Å². The number of imide groups is 2. The Morgan fingerprint density at radius 3 is 2.24 bits per heavy atom. The number of hydrogen-bond donors (Lipinski definition) is 8. The number of anilines is 3. The van der Waals surface area contributed by atoms with Crippen LogP contribution in [0.2, 0.25) is 0 Å².